The fourth-order valence-corrected chi connectivity index (χ4v) is 2.86. The summed E-state index contributed by atoms with van der Waals surface area (Å²) in [7, 11) is 0. The third-order valence-electron chi connectivity index (χ3n) is 4.49. The third kappa shape index (κ3) is 3.69. The molecular formula is C15H29NO. The lowest BCUT2D eigenvalue weighted by Crippen LogP contribution is -2.50. The highest BCUT2D eigenvalue weighted by atomic mass is 16.5. The molecule has 100 valence electrons. The van der Waals surface area contributed by atoms with Gasteiger partial charge in [-0.3, -0.25) is 0 Å². The van der Waals surface area contributed by atoms with Gasteiger partial charge in [0.1, 0.15) is 0 Å². The van der Waals surface area contributed by atoms with E-state index in [1.807, 2.05) is 0 Å². The first-order valence-electron chi connectivity index (χ1n) is 7.51. The monoisotopic (exact) mass is 239 g/mol. The number of nitrogens with one attached hydrogen (secondary N) is 1. The largest absolute Gasteiger partial charge is 0.370 e. The van der Waals surface area contributed by atoms with Crippen molar-refractivity contribution in [2.24, 2.45) is 5.92 Å². The van der Waals surface area contributed by atoms with Gasteiger partial charge in [0.25, 0.3) is 0 Å². The SMILES string of the molecule is CC1CCC(CNC(C)C)(OC2CCC2)CC1. The maximum Gasteiger partial charge on any atom is 0.0810 e. The average Bonchev–Trinajstić information content (AvgIpc) is 2.25. The second-order valence-corrected chi connectivity index (χ2v) is 6.57. The Kier molecular flexibility index (Phi) is 4.48. The summed E-state index contributed by atoms with van der Waals surface area (Å²) in [5, 5.41) is 3.60. The van der Waals surface area contributed by atoms with Gasteiger partial charge in [-0.15, -0.1) is 0 Å². The van der Waals surface area contributed by atoms with Gasteiger partial charge in [-0.25, -0.2) is 0 Å². The van der Waals surface area contributed by atoms with E-state index < -0.39 is 0 Å². The van der Waals surface area contributed by atoms with E-state index >= 15 is 0 Å². The van der Waals surface area contributed by atoms with Crippen LogP contribution in [0.5, 0.6) is 0 Å². The normalized spacial score (nSPS) is 34.9. The Morgan fingerprint density at radius 3 is 2.29 bits per heavy atom. The van der Waals surface area contributed by atoms with Crippen LogP contribution >= 0.6 is 0 Å². The summed E-state index contributed by atoms with van der Waals surface area (Å²) >= 11 is 0. The van der Waals surface area contributed by atoms with Crippen LogP contribution in [0.3, 0.4) is 0 Å². The van der Waals surface area contributed by atoms with Gasteiger partial charge in [-0.05, 0) is 50.9 Å². The van der Waals surface area contributed by atoms with Crippen molar-refractivity contribution >= 4 is 0 Å². The molecule has 2 nitrogen and oxygen atoms in total. The van der Waals surface area contributed by atoms with Gasteiger partial charge in [-0.2, -0.15) is 0 Å². The molecule has 0 spiro atoms. The molecule has 2 heteroatoms. The topological polar surface area (TPSA) is 21.3 Å². The molecule has 0 unspecified atom stereocenters. The van der Waals surface area contributed by atoms with Crippen molar-refractivity contribution in [3.8, 4) is 0 Å². The van der Waals surface area contributed by atoms with Crippen LogP contribution in [0.2, 0.25) is 0 Å². The van der Waals surface area contributed by atoms with Crippen LogP contribution in [-0.2, 0) is 4.74 Å². The zero-order valence-electron chi connectivity index (χ0n) is 11.8. The Balaban J connectivity index is 1.89. The van der Waals surface area contributed by atoms with Crippen LogP contribution in [0.1, 0.15) is 65.7 Å². The Hall–Kier alpha value is -0.0800. The Morgan fingerprint density at radius 1 is 1.18 bits per heavy atom. The smallest absolute Gasteiger partial charge is 0.0810 e. The van der Waals surface area contributed by atoms with Crippen molar-refractivity contribution in [3.63, 3.8) is 0 Å². The Bertz CT molecular complexity index is 227. The number of rotatable bonds is 5. The fourth-order valence-electron chi connectivity index (χ4n) is 2.86. The van der Waals surface area contributed by atoms with Crippen molar-refractivity contribution in [2.75, 3.05) is 6.54 Å². The van der Waals surface area contributed by atoms with Gasteiger partial charge in [0.2, 0.25) is 0 Å². The highest BCUT2D eigenvalue weighted by Crippen LogP contribution is 2.38. The van der Waals surface area contributed by atoms with Gasteiger partial charge in [-0.1, -0.05) is 20.8 Å². The molecule has 0 aliphatic heterocycles. The summed E-state index contributed by atoms with van der Waals surface area (Å²) in [6.45, 7) is 7.88. The molecule has 0 heterocycles. The van der Waals surface area contributed by atoms with E-state index in [-0.39, 0.29) is 5.60 Å². The zero-order chi connectivity index (χ0) is 12.3. The molecule has 2 rings (SSSR count). The first kappa shape index (κ1) is 13.4. The molecule has 0 saturated heterocycles. The summed E-state index contributed by atoms with van der Waals surface area (Å²) in [6, 6.07) is 0.566. The van der Waals surface area contributed by atoms with Crippen LogP contribution < -0.4 is 5.32 Å². The van der Waals surface area contributed by atoms with Crippen molar-refractivity contribution in [1.82, 2.24) is 5.32 Å². The van der Waals surface area contributed by atoms with Gasteiger partial charge < -0.3 is 10.1 Å². The molecule has 2 saturated carbocycles. The van der Waals surface area contributed by atoms with Crippen LogP contribution in [0, 0.1) is 5.92 Å². The lowest BCUT2D eigenvalue weighted by atomic mass is 9.78. The van der Waals surface area contributed by atoms with E-state index in [2.05, 4.69) is 26.1 Å². The van der Waals surface area contributed by atoms with Crippen molar-refractivity contribution < 1.29 is 4.74 Å². The van der Waals surface area contributed by atoms with E-state index in [1.54, 1.807) is 0 Å². The zero-order valence-corrected chi connectivity index (χ0v) is 11.8. The van der Waals surface area contributed by atoms with Crippen molar-refractivity contribution in [2.45, 2.75) is 83.5 Å². The molecule has 0 atom stereocenters. The second kappa shape index (κ2) is 5.71. The molecule has 0 aromatic rings. The molecule has 0 amide bonds. The quantitative estimate of drug-likeness (QED) is 0.793. The van der Waals surface area contributed by atoms with Gasteiger partial charge >= 0.3 is 0 Å². The van der Waals surface area contributed by atoms with Gasteiger partial charge in [0, 0.05) is 12.6 Å². The predicted octanol–water partition coefficient (Wildman–Crippen LogP) is 3.50. The highest BCUT2D eigenvalue weighted by Gasteiger charge is 2.38. The van der Waals surface area contributed by atoms with Crippen LogP contribution in [0.25, 0.3) is 0 Å². The summed E-state index contributed by atoms with van der Waals surface area (Å²) in [4.78, 5) is 0. The third-order valence-corrected chi connectivity index (χ3v) is 4.49. The summed E-state index contributed by atoms with van der Waals surface area (Å²) in [5.41, 5.74) is 0.155. The first-order valence-corrected chi connectivity index (χ1v) is 7.51. The predicted molar refractivity (Wildman–Crippen MR) is 72.2 cm³/mol. The van der Waals surface area contributed by atoms with Crippen LogP contribution in [-0.4, -0.2) is 24.3 Å². The molecule has 2 aliphatic rings. The summed E-state index contributed by atoms with van der Waals surface area (Å²) in [5.74, 6) is 0.896. The van der Waals surface area contributed by atoms with Gasteiger partial charge in [0.15, 0.2) is 0 Å². The fraction of sp³-hybridized carbons (Fsp3) is 1.00. The lowest BCUT2D eigenvalue weighted by molar-refractivity contribution is -0.140. The van der Waals surface area contributed by atoms with Crippen LogP contribution in [0.4, 0.5) is 0 Å². The second-order valence-electron chi connectivity index (χ2n) is 6.57. The molecular weight excluding hydrogens is 210 g/mol. The molecule has 0 radical (unpaired) electrons. The van der Waals surface area contributed by atoms with E-state index in [1.165, 1.54) is 44.9 Å². The Labute approximate surface area is 107 Å². The molecule has 0 aromatic carbocycles. The maximum atomic E-state index is 6.45. The first-order chi connectivity index (χ1) is 8.10. The molecule has 0 bridgehead atoms. The summed E-state index contributed by atoms with van der Waals surface area (Å²) < 4.78 is 6.45. The molecule has 2 aliphatic carbocycles. The average molecular weight is 239 g/mol. The minimum atomic E-state index is 0.155. The maximum absolute atomic E-state index is 6.45. The minimum Gasteiger partial charge on any atom is -0.370 e. The molecule has 17 heavy (non-hydrogen) atoms. The van der Waals surface area contributed by atoms with E-state index in [4.69, 9.17) is 4.74 Å². The van der Waals surface area contributed by atoms with Gasteiger partial charge in [0.05, 0.1) is 11.7 Å². The Morgan fingerprint density at radius 2 is 1.82 bits per heavy atom. The van der Waals surface area contributed by atoms with E-state index in [9.17, 15) is 0 Å². The van der Waals surface area contributed by atoms with Crippen LogP contribution in [0.15, 0.2) is 0 Å². The minimum absolute atomic E-state index is 0.155. The van der Waals surface area contributed by atoms with Crippen molar-refractivity contribution in [3.05, 3.63) is 0 Å². The van der Waals surface area contributed by atoms with E-state index in [0.29, 0.717) is 12.1 Å². The number of hydrogen-bond acceptors (Lipinski definition) is 2. The molecule has 0 aromatic heterocycles. The lowest BCUT2D eigenvalue weighted by Gasteiger charge is -2.44. The number of ether oxygens (including phenoxy) is 1. The summed E-state index contributed by atoms with van der Waals surface area (Å²) in [6.07, 6.45) is 9.71. The molecule has 2 fully saturated rings. The highest BCUT2D eigenvalue weighted by molar-refractivity contribution is 4.91. The number of hydrogen-bond donors (Lipinski definition) is 1. The molecule has 1 N–H and O–H groups in total. The van der Waals surface area contributed by atoms with E-state index in [0.717, 1.165) is 12.5 Å². The van der Waals surface area contributed by atoms with Crippen molar-refractivity contribution in [1.29, 1.82) is 0 Å². The standard InChI is InChI=1S/C15H29NO/c1-12(2)16-11-15(17-14-5-4-6-14)9-7-13(3)8-10-15/h12-14,16H,4-11H2,1-3H3.